The van der Waals surface area contributed by atoms with E-state index >= 15 is 0 Å². The Labute approximate surface area is 310 Å². The summed E-state index contributed by atoms with van der Waals surface area (Å²) in [6.07, 6.45) is 3.48. The zero-order valence-electron chi connectivity index (χ0n) is 27.5. The Kier molecular flexibility index (Phi) is 16.8. The summed E-state index contributed by atoms with van der Waals surface area (Å²) < 4.78 is 3.69. The fraction of sp³-hybridized carbons (Fsp3) is 0.211. The van der Waals surface area contributed by atoms with Crippen LogP contribution in [0.3, 0.4) is 0 Å². The molecule has 0 unspecified atom stereocenters. The van der Waals surface area contributed by atoms with Gasteiger partial charge in [-0.1, -0.05) is 47.5 Å². The van der Waals surface area contributed by atoms with Crippen molar-refractivity contribution in [3.8, 4) is 0 Å². The molecule has 1 saturated heterocycles. The second kappa shape index (κ2) is 20.2. The summed E-state index contributed by atoms with van der Waals surface area (Å²) in [5, 5.41) is 0. The van der Waals surface area contributed by atoms with Crippen LogP contribution in [0.4, 0.5) is 11.4 Å². The maximum atomic E-state index is 5.67. The summed E-state index contributed by atoms with van der Waals surface area (Å²) in [5.74, 6) is 0. The normalized spacial score (nSPS) is 12.1. The molecular formula is C38H41Br2Cl2N4Ru-. The molecule has 1 aliphatic heterocycles. The molecule has 250 valence electrons. The van der Waals surface area contributed by atoms with E-state index < -0.39 is 13.5 Å². The van der Waals surface area contributed by atoms with E-state index in [1.807, 2.05) is 71.3 Å². The van der Waals surface area contributed by atoms with Gasteiger partial charge in [-0.05, 0) is 120 Å². The van der Waals surface area contributed by atoms with Crippen LogP contribution in [0, 0.1) is 48.2 Å². The summed E-state index contributed by atoms with van der Waals surface area (Å²) in [6.45, 7) is 17.6. The molecule has 47 heavy (non-hydrogen) atoms. The first-order chi connectivity index (χ1) is 22.4. The third kappa shape index (κ3) is 13.6. The Bertz CT molecular complexity index is 1570. The van der Waals surface area contributed by atoms with Gasteiger partial charge in [0, 0.05) is 36.9 Å². The third-order valence-corrected chi connectivity index (χ3v) is 9.77. The predicted octanol–water partition coefficient (Wildman–Crippen LogP) is 11.4. The van der Waals surface area contributed by atoms with E-state index in [2.05, 4.69) is 124 Å². The monoisotopic (exact) mass is 883 g/mol. The number of pyridine rings is 2. The number of rotatable bonds is 3. The second-order valence-corrected chi connectivity index (χ2v) is 18.4. The SMILES string of the molecule is Brc1ccccn1.Brc1ccccn1.Cc1cc(C)c(N2[CH-]N(c3c(C)cc(C)cc3C)CC2)c(C)c1.[Cl][Ru]([Cl])=[CH]c1ccccc1. The van der Waals surface area contributed by atoms with Gasteiger partial charge in [-0.15, -0.1) is 0 Å². The summed E-state index contributed by atoms with van der Waals surface area (Å²) in [6, 6.07) is 30.4. The van der Waals surface area contributed by atoms with E-state index in [-0.39, 0.29) is 0 Å². The van der Waals surface area contributed by atoms with Crippen LogP contribution in [0.1, 0.15) is 38.9 Å². The Morgan fingerprint density at radius 1 is 0.617 bits per heavy atom. The average Bonchev–Trinajstić information content (AvgIpc) is 3.47. The molecule has 2 aromatic heterocycles. The number of halogens is 4. The number of aryl methyl sites for hydroxylation is 6. The molecule has 9 heteroatoms. The Morgan fingerprint density at radius 2 is 1.00 bits per heavy atom. The molecule has 0 radical (unpaired) electrons. The standard InChI is InChI=1S/C21H27N2.C7H6.2C5H4BrN.2ClH.Ru/c1-14-9-16(3)20(17(4)10-14)22-7-8-23(13-22)21-18(5)11-15(2)12-19(21)6;1-7-5-3-2-4-6-7;2*6-5-3-1-2-4-7-5;;;/h9-13H,7-8H2,1-6H3;1-6H;2*1-4H;2*1H;/q-1;;;;;;+2/p-2. The number of hydrogen-bond donors (Lipinski definition) is 0. The summed E-state index contributed by atoms with van der Waals surface area (Å²) in [4.78, 5) is 12.6. The van der Waals surface area contributed by atoms with E-state index in [9.17, 15) is 0 Å². The molecule has 1 aliphatic rings. The van der Waals surface area contributed by atoms with Crippen LogP contribution in [0.25, 0.3) is 0 Å². The van der Waals surface area contributed by atoms with Gasteiger partial charge in [0.2, 0.25) is 0 Å². The Hall–Kier alpha value is -2.41. The Morgan fingerprint density at radius 3 is 1.30 bits per heavy atom. The van der Waals surface area contributed by atoms with Gasteiger partial charge in [-0.3, -0.25) is 0 Å². The van der Waals surface area contributed by atoms with Crippen molar-refractivity contribution in [1.82, 2.24) is 9.97 Å². The van der Waals surface area contributed by atoms with Gasteiger partial charge < -0.3 is 9.80 Å². The first-order valence-electron chi connectivity index (χ1n) is 15.0. The molecule has 0 bridgehead atoms. The van der Waals surface area contributed by atoms with Gasteiger partial charge >= 0.3 is 73.4 Å². The topological polar surface area (TPSA) is 32.3 Å². The third-order valence-electron chi connectivity index (χ3n) is 6.96. The van der Waals surface area contributed by atoms with E-state index in [0.717, 1.165) is 27.9 Å². The molecule has 3 heterocycles. The van der Waals surface area contributed by atoms with Gasteiger partial charge in [0.15, 0.2) is 0 Å². The molecule has 1 fully saturated rings. The first-order valence-corrected chi connectivity index (χ1v) is 22.1. The summed E-state index contributed by atoms with van der Waals surface area (Å²) in [7, 11) is 11.3. The van der Waals surface area contributed by atoms with Gasteiger partial charge in [0.1, 0.15) is 9.21 Å². The number of benzene rings is 3. The predicted molar refractivity (Wildman–Crippen MR) is 207 cm³/mol. The van der Waals surface area contributed by atoms with E-state index in [4.69, 9.17) is 19.4 Å². The molecule has 0 aliphatic carbocycles. The molecule has 5 aromatic rings. The molecule has 0 amide bonds. The molecule has 6 rings (SSSR count). The first kappa shape index (κ1) is 39.0. The van der Waals surface area contributed by atoms with Crippen molar-refractivity contribution in [1.29, 1.82) is 0 Å². The van der Waals surface area contributed by atoms with Crippen molar-refractivity contribution < 1.29 is 13.5 Å². The van der Waals surface area contributed by atoms with Crippen LogP contribution in [0.2, 0.25) is 0 Å². The minimum absolute atomic E-state index is 0.884. The molecule has 0 saturated carbocycles. The van der Waals surface area contributed by atoms with Crippen molar-refractivity contribution in [3.63, 3.8) is 0 Å². The van der Waals surface area contributed by atoms with Crippen LogP contribution in [0.5, 0.6) is 0 Å². The van der Waals surface area contributed by atoms with Gasteiger partial charge in [0.25, 0.3) is 0 Å². The van der Waals surface area contributed by atoms with Crippen LogP contribution in [-0.2, 0) is 13.5 Å². The van der Waals surface area contributed by atoms with Crippen LogP contribution >= 0.6 is 51.2 Å². The van der Waals surface area contributed by atoms with Crippen LogP contribution in [-0.4, -0.2) is 27.7 Å². The van der Waals surface area contributed by atoms with Crippen LogP contribution < -0.4 is 9.80 Å². The number of nitrogens with zero attached hydrogens (tertiary/aromatic N) is 4. The zero-order valence-corrected chi connectivity index (χ0v) is 34.0. The molecule has 0 N–H and O–H groups in total. The number of aromatic nitrogens is 2. The molecule has 0 atom stereocenters. The van der Waals surface area contributed by atoms with Crippen molar-refractivity contribution in [2.24, 2.45) is 0 Å². The van der Waals surface area contributed by atoms with Gasteiger partial charge in [-0.2, -0.15) is 6.67 Å². The molecule has 3 aromatic carbocycles. The molecule has 4 nitrogen and oxygen atoms in total. The zero-order chi connectivity index (χ0) is 34.3. The van der Waals surface area contributed by atoms with Gasteiger partial charge in [0.05, 0.1) is 0 Å². The second-order valence-electron chi connectivity index (χ2n) is 11.0. The fourth-order valence-electron chi connectivity index (χ4n) is 5.38. The quantitative estimate of drug-likeness (QED) is 0.103. The van der Waals surface area contributed by atoms with Crippen molar-refractivity contribution in [3.05, 3.63) is 158 Å². The number of anilines is 2. The summed E-state index contributed by atoms with van der Waals surface area (Å²) >= 11 is 4.79. The van der Waals surface area contributed by atoms with E-state index in [1.54, 1.807) is 12.4 Å². The molecular weight excluding hydrogens is 844 g/mol. The van der Waals surface area contributed by atoms with Crippen molar-refractivity contribution in [2.45, 2.75) is 41.5 Å². The number of hydrogen-bond acceptors (Lipinski definition) is 4. The fourth-order valence-corrected chi connectivity index (χ4v) is 7.75. The van der Waals surface area contributed by atoms with Crippen LogP contribution in [0.15, 0.2) is 113 Å². The minimum atomic E-state index is -1.61. The van der Waals surface area contributed by atoms with Crippen molar-refractivity contribution >= 4 is 67.2 Å². The average molecular weight is 886 g/mol. The Balaban J connectivity index is 0.000000204. The maximum absolute atomic E-state index is 5.67. The van der Waals surface area contributed by atoms with Crippen molar-refractivity contribution in [2.75, 3.05) is 22.9 Å². The van der Waals surface area contributed by atoms with E-state index in [1.165, 1.54) is 44.8 Å². The van der Waals surface area contributed by atoms with Gasteiger partial charge in [-0.25, -0.2) is 9.97 Å². The molecule has 0 spiro atoms. The van der Waals surface area contributed by atoms with E-state index in [0.29, 0.717) is 0 Å². The summed E-state index contributed by atoms with van der Waals surface area (Å²) in [5.41, 5.74) is 12.0.